The number of rotatable bonds is 12. The zero-order valence-electron chi connectivity index (χ0n) is 19.6. The molecular weight excluding hydrogens is 426 g/mol. The summed E-state index contributed by atoms with van der Waals surface area (Å²) in [6.45, 7) is 10.8. The maximum Gasteiger partial charge on any atom is 0.298 e. The summed E-state index contributed by atoms with van der Waals surface area (Å²) in [5.41, 5.74) is 11.8. The first kappa shape index (κ1) is 27.7. The van der Waals surface area contributed by atoms with Crippen LogP contribution in [0, 0.1) is 0 Å². The molecule has 0 radical (unpaired) electrons. The molecule has 7 nitrogen and oxygen atoms in total. The Balaban J connectivity index is 0.000000347. The summed E-state index contributed by atoms with van der Waals surface area (Å²) < 4.78 is 37.0. The van der Waals surface area contributed by atoms with Gasteiger partial charge in [0.15, 0.2) is 0 Å². The van der Waals surface area contributed by atoms with Gasteiger partial charge in [-0.3, -0.25) is 4.55 Å². The molecule has 8 heteroatoms. The van der Waals surface area contributed by atoms with E-state index >= 15 is 0 Å². The van der Waals surface area contributed by atoms with Crippen LogP contribution in [-0.4, -0.2) is 37.5 Å². The number of nitrogens with zero attached hydrogens (tertiary/aromatic N) is 1. The third-order valence-electron chi connectivity index (χ3n) is 4.84. The van der Waals surface area contributed by atoms with Crippen LogP contribution in [0.5, 0.6) is 11.5 Å². The highest BCUT2D eigenvalue weighted by atomic mass is 32.2. The Kier molecular flexibility index (Phi) is 12.8. The zero-order valence-corrected chi connectivity index (χ0v) is 20.4. The van der Waals surface area contributed by atoms with E-state index in [0.717, 1.165) is 6.07 Å². The van der Waals surface area contributed by atoms with Gasteiger partial charge in [0.1, 0.15) is 16.4 Å². The van der Waals surface area contributed by atoms with Gasteiger partial charge in [-0.05, 0) is 81.4 Å². The van der Waals surface area contributed by atoms with Crippen molar-refractivity contribution in [3.8, 4) is 11.5 Å². The highest BCUT2D eigenvalue weighted by molar-refractivity contribution is 7.86. The third-order valence-corrected chi connectivity index (χ3v) is 5.71. The first-order valence-corrected chi connectivity index (χ1v) is 12.8. The monoisotopic (exact) mass is 465 g/mol. The molecule has 2 aromatic carbocycles. The van der Waals surface area contributed by atoms with Crippen LogP contribution in [0.2, 0.25) is 0 Å². The number of nitrogen functional groups attached to an aromatic ring is 2. The van der Waals surface area contributed by atoms with E-state index in [0.29, 0.717) is 11.4 Å². The molecule has 0 saturated heterocycles. The third kappa shape index (κ3) is 10.8. The van der Waals surface area contributed by atoms with E-state index in [4.69, 9.17) is 20.8 Å². The lowest BCUT2D eigenvalue weighted by atomic mass is 10.2. The van der Waals surface area contributed by atoms with Crippen molar-refractivity contribution in [2.75, 3.05) is 31.1 Å². The van der Waals surface area contributed by atoms with Gasteiger partial charge in [-0.2, -0.15) is 8.42 Å². The molecule has 0 saturated carbocycles. The van der Waals surface area contributed by atoms with Gasteiger partial charge in [-0.1, -0.05) is 40.0 Å². The first-order valence-electron chi connectivity index (χ1n) is 11.3. The average Bonchev–Trinajstić information content (AvgIpc) is 2.76. The Labute approximate surface area is 193 Å². The second-order valence-electron chi connectivity index (χ2n) is 7.75. The van der Waals surface area contributed by atoms with Crippen LogP contribution in [0.1, 0.15) is 59.3 Å². The van der Waals surface area contributed by atoms with Crippen molar-refractivity contribution in [2.45, 2.75) is 64.2 Å². The molecule has 0 bridgehead atoms. The van der Waals surface area contributed by atoms with E-state index in [-0.39, 0.29) is 16.3 Å². The minimum absolute atomic E-state index is 0.0125. The summed E-state index contributed by atoms with van der Waals surface area (Å²) >= 11 is 0. The largest absolute Gasteiger partial charge is 0.456 e. The summed E-state index contributed by atoms with van der Waals surface area (Å²) in [4.78, 5) is 2.25. The van der Waals surface area contributed by atoms with Crippen molar-refractivity contribution in [2.24, 2.45) is 0 Å². The molecule has 0 aliphatic heterocycles. The fourth-order valence-electron chi connectivity index (χ4n) is 2.95. The second kappa shape index (κ2) is 14.7. The van der Waals surface area contributed by atoms with E-state index in [1.165, 1.54) is 70.3 Å². The van der Waals surface area contributed by atoms with Gasteiger partial charge in [0.05, 0.1) is 0 Å². The van der Waals surface area contributed by atoms with Gasteiger partial charge >= 0.3 is 0 Å². The molecule has 0 fully saturated rings. The number of benzene rings is 2. The normalized spacial score (nSPS) is 11.2. The first-order chi connectivity index (χ1) is 15.2. The van der Waals surface area contributed by atoms with Crippen molar-refractivity contribution >= 4 is 21.5 Å². The topological polar surface area (TPSA) is 119 Å². The molecule has 180 valence electrons. The second-order valence-corrected chi connectivity index (χ2v) is 9.14. The summed E-state index contributed by atoms with van der Waals surface area (Å²) in [5, 5.41) is 0. The molecule has 0 atom stereocenters. The number of ether oxygens (including phenoxy) is 1. The van der Waals surface area contributed by atoms with Gasteiger partial charge in [-0.25, -0.2) is 0 Å². The molecule has 0 aliphatic rings. The lowest BCUT2D eigenvalue weighted by Crippen LogP contribution is -2.27. The minimum atomic E-state index is -4.41. The highest BCUT2D eigenvalue weighted by Crippen LogP contribution is 2.30. The van der Waals surface area contributed by atoms with Crippen molar-refractivity contribution in [1.29, 1.82) is 0 Å². The lowest BCUT2D eigenvalue weighted by molar-refractivity contribution is 0.261. The molecule has 2 rings (SSSR count). The molecular formula is C24H39N3O4S. The number of hydrogen-bond donors (Lipinski definition) is 3. The van der Waals surface area contributed by atoms with Crippen LogP contribution >= 0.6 is 0 Å². The van der Waals surface area contributed by atoms with Crippen molar-refractivity contribution in [1.82, 2.24) is 4.90 Å². The van der Waals surface area contributed by atoms with Crippen LogP contribution in [0.25, 0.3) is 0 Å². The van der Waals surface area contributed by atoms with Crippen LogP contribution in [-0.2, 0) is 10.1 Å². The fourth-order valence-corrected chi connectivity index (χ4v) is 3.60. The van der Waals surface area contributed by atoms with E-state index in [2.05, 4.69) is 25.7 Å². The Morgan fingerprint density at radius 1 is 0.812 bits per heavy atom. The predicted octanol–water partition coefficient (Wildman–Crippen LogP) is 5.58. The predicted molar refractivity (Wildman–Crippen MR) is 133 cm³/mol. The number of hydrogen-bond acceptors (Lipinski definition) is 6. The van der Waals surface area contributed by atoms with Crippen LogP contribution in [0.3, 0.4) is 0 Å². The van der Waals surface area contributed by atoms with E-state index in [1.54, 1.807) is 24.3 Å². The Hall–Kier alpha value is -2.29. The molecule has 32 heavy (non-hydrogen) atoms. The van der Waals surface area contributed by atoms with Crippen molar-refractivity contribution in [3.63, 3.8) is 0 Å². The molecule has 0 spiro atoms. The maximum absolute atomic E-state index is 11.3. The molecule has 0 aromatic heterocycles. The van der Waals surface area contributed by atoms with Crippen molar-refractivity contribution in [3.05, 3.63) is 42.5 Å². The van der Waals surface area contributed by atoms with Crippen LogP contribution in [0.15, 0.2) is 47.4 Å². The maximum atomic E-state index is 11.3. The van der Waals surface area contributed by atoms with Gasteiger partial charge in [0, 0.05) is 11.4 Å². The Morgan fingerprint density at radius 2 is 1.28 bits per heavy atom. The van der Waals surface area contributed by atoms with Gasteiger partial charge in [0.25, 0.3) is 10.1 Å². The molecule has 0 aliphatic carbocycles. The summed E-state index contributed by atoms with van der Waals surface area (Å²) in [5.74, 6) is 0.380. The molecule has 0 amide bonds. The summed E-state index contributed by atoms with van der Waals surface area (Å²) in [6, 6.07) is 10.4. The number of unbranched alkanes of at least 4 members (excludes halogenated alkanes) is 3. The Bertz CT molecular complexity index is 868. The summed E-state index contributed by atoms with van der Waals surface area (Å²) in [7, 11) is -4.41. The standard InChI is InChI=1S/C12H12N2O4S.C12H27N/c13-8-1-4-10(5-2-8)18-11-6-3-9(14)7-12(11)19(15,16)17;1-4-7-10-13(11-8-5-2)12-9-6-3/h1-7H,13-14H2,(H,15,16,17);4-12H2,1-3H3. The van der Waals surface area contributed by atoms with E-state index in [1.807, 2.05) is 0 Å². The van der Waals surface area contributed by atoms with Gasteiger partial charge < -0.3 is 21.1 Å². The van der Waals surface area contributed by atoms with Crippen LogP contribution < -0.4 is 16.2 Å². The fraction of sp³-hybridized carbons (Fsp3) is 0.500. The van der Waals surface area contributed by atoms with Gasteiger partial charge in [-0.15, -0.1) is 0 Å². The Morgan fingerprint density at radius 3 is 1.72 bits per heavy atom. The lowest BCUT2D eigenvalue weighted by Gasteiger charge is -2.21. The molecule has 0 unspecified atom stereocenters. The van der Waals surface area contributed by atoms with E-state index < -0.39 is 10.1 Å². The molecule has 2 aromatic rings. The number of nitrogens with two attached hydrogens (primary N) is 2. The number of anilines is 2. The molecule has 5 N–H and O–H groups in total. The summed E-state index contributed by atoms with van der Waals surface area (Å²) in [6.07, 6.45) is 8.09. The van der Waals surface area contributed by atoms with Crippen molar-refractivity contribution < 1.29 is 17.7 Å². The molecule has 0 heterocycles. The van der Waals surface area contributed by atoms with Crippen LogP contribution in [0.4, 0.5) is 11.4 Å². The quantitative estimate of drug-likeness (QED) is 0.276. The highest BCUT2D eigenvalue weighted by Gasteiger charge is 2.17. The minimum Gasteiger partial charge on any atom is -0.456 e. The zero-order chi connectivity index (χ0) is 24.0. The van der Waals surface area contributed by atoms with E-state index in [9.17, 15) is 8.42 Å². The van der Waals surface area contributed by atoms with Gasteiger partial charge in [0.2, 0.25) is 0 Å². The smallest absolute Gasteiger partial charge is 0.298 e. The average molecular weight is 466 g/mol. The SMILES string of the molecule is CCCCN(CCCC)CCCC.Nc1ccc(Oc2ccc(N)cc2S(=O)(=O)O)cc1.